The van der Waals surface area contributed by atoms with E-state index in [1.807, 2.05) is 6.92 Å². The van der Waals surface area contributed by atoms with Crippen molar-refractivity contribution in [3.63, 3.8) is 0 Å². The van der Waals surface area contributed by atoms with E-state index in [9.17, 15) is 9.59 Å². The van der Waals surface area contributed by atoms with Crippen LogP contribution in [0.2, 0.25) is 0 Å². The lowest BCUT2D eigenvalue weighted by atomic mass is 9.70. The van der Waals surface area contributed by atoms with Crippen LogP contribution in [0.25, 0.3) is 0 Å². The average molecular weight is 468 g/mol. The van der Waals surface area contributed by atoms with E-state index in [1.165, 1.54) is 16.2 Å². The Morgan fingerprint density at radius 2 is 2.00 bits per heavy atom. The van der Waals surface area contributed by atoms with E-state index in [4.69, 9.17) is 0 Å². The number of rotatable bonds is 5. The molecule has 0 aliphatic heterocycles. The van der Waals surface area contributed by atoms with Gasteiger partial charge in [0.25, 0.3) is 5.91 Å². The van der Waals surface area contributed by atoms with E-state index < -0.39 is 0 Å². The quantitative estimate of drug-likeness (QED) is 0.656. The SMILES string of the molecule is CC1(C(=O)Nc2sc3c(c2C(=O)NCc2cnc(Br)s2)CCCC3)CCC1. The van der Waals surface area contributed by atoms with Gasteiger partial charge in [-0.15, -0.1) is 22.7 Å². The molecule has 2 heterocycles. The second-order valence-corrected chi connectivity index (χ2v) is 11.0. The van der Waals surface area contributed by atoms with Crippen molar-refractivity contribution in [2.45, 2.75) is 58.4 Å². The lowest BCUT2D eigenvalue weighted by molar-refractivity contribution is -0.128. The Morgan fingerprint density at radius 1 is 1.22 bits per heavy atom. The van der Waals surface area contributed by atoms with Gasteiger partial charge in [0.1, 0.15) is 5.00 Å². The summed E-state index contributed by atoms with van der Waals surface area (Å²) in [5.74, 6) is -0.0548. The summed E-state index contributed by atoms with van der Waals surface area (Å²) >= 11 is 6.44. The van der Waals surface area contributed by atoms with Gasteiger partial charge in [0.05, 0.1) is 12.1 Å². The highest BCUT2D eigenvalue weighted by Gasteiger charge is 2.40. The molecule has 144 valence electrons. The molecule has 8 heteroatoms. The molecule has 0 saturated heterocycles. The minimum Gasteiger partial charge on any atom is -0.347 e. The number of hydrogen-bond acceptors (Lipinski definition) is 5. The molecule has 2 aromatic rings. The number of carbonyl (C=O) groups excluding carboxylic acids is 2. The molecule has 1 saturated carbocycles. The van der Waals surface area contributed by atoms with Crippen molar-refractivity contribution in [1.82, 2.24) is 10.3 Å². The standard InChI is InChI=1S/C19H22BrN3O2S2/c1-19(7-4-8-19)17(25)23-16-14(12-5-2-3-6-13(12)27-16)15(24)21-9-11-10-22-18(20)26-11/h10H,2-9H2,1H3,(H,21,24)(H,23,25). The second kappa shape index (κ2) is 7.64. The fourth-order valence-electron chi connectivity index (χ4n) is 3.70. The van der Waals surface area contributed by atoms with Crippen LogP contribution in [-0.4, -0.2) is 16.8 Å². The molecular formula is C19H22BrN3O2S2. The summed E-state index contributed by atoms with van der Waals surface area (Å²) in [5, 5.41) is 6.83. The first-order valence-electron chi connectivity index (χ1n) is 9.31. The molecule has 0 atom stereocenters. The molecule has 2 aromatic heterocycles. The molecule has 0 bridgehead atoms. The average Bonchev–Trinajstić information content (AvgIpc) is 3.20. The highest BCUT2D eigenvalue weighted by atomic mass is 79.9. The number of aryl methyl sites for hydroxylation is 1. The molecule has 0 aromatic carbocycles. The number of hydrogen-bond donors (Lipinski definition) is 2. The van der Waals surface area contributed by atoms with Crippen molar-refractivity contribution in [3.05, 3.63) is 31.0 Å². The summed E-state index contributed by atoms with van der Waals surface area (Å²) in [4.78, 5) is 32.1. The topological polar surface area (TPSA) is 71.1 Å². The lowest BCUT2D eigenvalue weighted by Crippen LogP contribution is -2.39. The lowest BCUT2D eigenvalue weighted by Gasteiger charge is -2.36. The Labute approximate surface area is 175 Å². The molecule has 2 aliphatic carbocycles. The Balaban J connectivity index is 1.56. The van der Waals surface area contributed by atoms with E-state index in [0.29, 0.717) is 12.1 Å². The number of thiophene rings is 1. The van der Waals surface area contributed by atoms with Crippen molar-refractivity contribution in [1.29, 1.82) is 0 Å². The zero-order chi connectivity index (χ0) is 19.0. The van der Waals surface area contributed by atoms with Gasteiger partial charge in [-0.25, -0.2) is 4.98 Å². The van der Waals surface area contributed by atoms with Crippen LogP contribution in [0.4, 0.5) is 5.00 Å². The molecular weight excluding hydrogens is 446 g/mol. The molecule has 2 amide bonds. The molecule has 0 radical (unpaired) electrons. The fourth-order valence-corrected chi connectivity index (χ4v) is 6.28. The predicted molar refractivity (Wildman–Crippen MR) is 113 cm³/mol. The largest absolute Gasteiger partial charge is 0.347 e. The van der Waals surface area contributed by atoms with Crippen molar-refractivity contribution in [2.75, 3.05) is 5.32 Å². The van der Waals surface area contributed by atoms with Gasteiger partial charge in [0.2, 0.25) is 5.91 Å². The van der Waals surface area contributed by atoms with Gasteiger partial charge in [-0.1, -0.05) is 13.3 Å². The molecule has 5 nitrogen and oxygen atoms in total. The third-order valence-electron chi connectivity index (χ3n) is 5.58. The number of carbonyl (C=O) groups is 2. The molecule has 0 unspecified atom stereocenters. The van der Waals surface area contributed by atoms with Crippen LogP contribution in [0.15, 0.2) is 10.1 Å². The number of thiazole rings is 1. The van der Waals surface area contributed by atoms with Crippen LogP contribution in [0.5, 0.6) is 0 Å². The molecule has 1 fully saturated rings. The smallest absolute Gasteiger partial charge is 0.254 e. The number of halogens is 1. The fraction of sp³-hybridized carbons (Fsp3) is 0.526. The van der Waals surface area contributed by atoms with E-state index >= 15 is 0 Å². The maximum Gasteiger partial charge on any atom is 0.254 e. The van der Waals surface area contributed by atoms with Crippen LogP contribution >= 0.6 is 38.6 Å². The minimum atomic E-state index is -0.285. The molecule has 4 rings (SSSR count). The summed E-state index contributed by atoms with van der Waals surface area (Å²) in [6.45, 7) is 2.46. The molecule has 0 spiro atoms. The summed E-state index contributed by atoms with van der Waals surface area (Å²) in [6, 6.07) is 0. The van der Waals surface area contributed by atoms with Crippen LogP contribution < -0.4 is 10.6 Å². The number of nitrogens with zero attached hydrogens (tertiary/aromatic N) is 1. The second-order valence-electron chi connectivity index (χ2n) is 7.55. The zero-order valence-electron chi connectivity index (χ0n) is 15.2. The van der Waals surface area contributed by atoms with Gasteiger partial charge in [-0.05, 0) is 60.0 Å². The zero-order valence-corrected chi connectivity index (χ0v) is 18.4. The number of anilines is 1. The van der Waals surface area contributed by atoms with Crippen LogP contribution in [-0.2, 0) is 24.2 Å². The first-order valence-corrected chi connectivity index (χ1v) is 11.7. The van der Waals surface area contributed by atoms with Crippen LogP contribution in [0, 0.1) is 5.41 Å². The highest BCUT2D eigenvalue weighted by Crippen LogP contribution is 2.43. The van der Waals surface area contributed by atoms with Gasteiger partial charge in [-0.2, -0.15) is 0 Å². The van der Waals surface area contributed by atoms with Crippen molar-refractivity contribution in [2.24, 2.45) is 5.41 Å². The Hall–Kier alpha value is -1.25. The van der Waals surface area contributed by atoms with E-state index in [1.54, 1.807) is 17.5 Å². The summed E-state index contributed by atoms with van der Waals surface area (Å²) in [7, 11) is 0. The monoisotopic (exact) mass is 467 g/mol. The Bertz CT molecular complexity index is 886. The predicted octanol–water partition coefficient (Wildman–Crippen LogP) is 4.90. The highest BCUT2D eigenvalue weighted by molar-refractivity contribution is 9.11. The normalized spacial score (nSPS) is 17.7. The first-order chi connectivity index (χ1) is 13.0. The summed E-state index contributed by atoms with van der Waals surface area (Å²) in [5.41, 5.74) is 1.52. The number of fused-ring (bicyclic) bond motifs is 1. The van der Waals surface area contributed by atoms with Crippen molar-refractivity contribution in [3.8, 4) is 0 Å². The number of amides is 2. The maximum absolute atomic E-state index is 13.0. The van der Waals surface area contributed by atoms with E-state index in [0.717, 1.165) is 64.3 Å². The van der Waals surface area contributed by atoms with Gasteiger partial charge in [0, 0.05) is 21.4 Å². The summed E-state index contributed by atoms with van der Waals surface area (Å²) < 4.78 is 0.807. The maximum atomic E-state index is 13.0. The van der Waals surface area contributed by atoms with Crippen molar-refractivity contribution >= 4 is 55.4 Å². The third-order valence-corrected chi connectivity index (χ3v) is 8.26. The van der Waals surface area contributed by atoms with Gasteiger partial charge < -0.3 is 10.6 Å². The number of aromatic nitrogens is 1. The number of nitrogens with one attached hydrogen (secondary N) is 2. The van der Waals surface area contributed by atoms with Crippen LogP contribution in [0.3, 0.4) is 0 Å². The minimum absolute atomic E-state index is 0.0489. The van der Waals surface area contributed by atoms with E-state index in [2.05, 4.69) is 31.5 Å². The first kappa shape index (κ1) is 19.1. The Morgan fingerprint density at radius 3 is 2.67 bits per heavy atom. The molecule has 2 N–H and O–H groups in total. The molecule has 27 heavy (non-hydrogen) atoms. The molecule has 2 aliphatic rings. The third kappa shape index (κ3) is 3.84. The van der Waals surface area contributed by atoms with Crippen molar-refractivity contribution < 1.29 is 9.59 Å². The van der Waals surface area contributed by atoms with Gasteiger partial charge >= 0.3 is 0 Å². The van der Waals surface area contributed by atoms with Gasteiger partial charge in [0.15, 0.2) is 3.92 Å². The van der Waals surface area contributed by atoms with E-state index in [-0.39, 0.29) is 17.2 Å². The Kier molecular flexibility index (Phi) is 5.40. The van der Waals surface area contributed by atoms with Gasteiger partial charge in [-0.3, -0.25) is 9.59 Å². The van der Waals surface area contributed by atoms with Crippen LogP contribution in [0.1, 0.15) is 64.7 Å². The summed E-state index contributed by atoms with van der Waals surface area (Å²) in [6.07, 6.45) is 8.85.